The summed E-state index contributed by atoms with van der Waals surface area (Å²) in [5, 5.41) is 0. The van der Waals surface area contributed by atoms with Gasteiger partial charge in [0.05, 0.1) is 14.2 Å². The van der Waals surface area contributed by atoms with Gasteiger partial charge in [-0.05, 0) is 31.0 Å². The van der Waals surface area contributed by atoms with E-state index in [1.54, 1.807) is 12.1 Å². The fraction of sp³-hybridized carbons (Fsp3) is 0.294. The maximum atomic E-state index is 12.6. The molecule has 6 heteroatoms. The standard InChI is InChI=1S/C17H21NO4S/c1-13(11-14-7-5-4-6-8-14)18-23(19,20)17-12-15(21-2)9-10-16(17)22-3/h4-10,12-13,18H,11H2,1-3H3. The van der Waals surface area contributed by atoms with E-state index in [1.807, 2.05) is 37.3 Å². The molecule has 124 valence electrons. The number of benzene rings is 2. The number of nitrogens with one attached hydrogen (secondary N) is 1. The fourth-order valence-corrected chi connectivity index (χ4v) is 3.76. The Morgan fingerprint density at radius 2 is 1.74 bits per heavy atom. The molecule has 0 saturated carbocycles. The highest BCUT2D eigenvalue weighted by atomic mass is 32.2. The molecule has 1 atom stereocenters. The third kappa shape index (κ3) is 4.46. The van der Waals surface area contributed by atoms with Crippen LogP contribution in [0.2, 0.25) is 0 Å². The first-order chi connectivity index (χ1) is 11.0. The summed E-state index contributed by atoms with van der Waals surface area (Å²) < 4.78 is 38.2. The molecule has 0 aliphatic heterocycles. The third-order valence-corrected chi connectivity index (χ3v) is 5.01. The van der Waals surface area contributed by atoms with E-state index in [1.165, 1.54) is 20.3 Å². The highest BCUT2D eigenvalue weighted by Gasteiger charge is 2.22. The van der Waals surface area contributed by atoms with Crippen LogP contribution in [0.5, 0.6) is 11.5 Å². The molecule has 0 spiro atoms. The van der Waals surface area contributed by atoms with Crippen LogP contribution in [-0.2, 0) is 16.4 Å². The summed E-state index contributed by atoms with van der Waals surface area (Å²) >= 11 is 0. The van der Waals surface area contributed by atoms with Gasteiger partial charge in [0.2, 0.25) is 10.0 Å². The maximum Gasteiger partial charge on any atom is 0.244 e. The number of sulfonamides is 1. The van der Waals surface area contributed by atoms with Crippen LogP contribution in [0, 0.1) is 0 Å². The largest absolute Gasteiger partial charge is 0.497 e. The Kier molecular flexibility index (Phi) is 5.63. The molecule has 0 bridgehead atoms. The lowest BCUT2D eigenvalue weighted by Crippen LogP contribution is -2.34. The van der Waals surface area contributed by atoms with Crippen molar-refractivity contribution in [2.75, 3.05) is 14.2 Å². The molecule has 2 rings (SSSR count). The molecule has 2 aromatic rings. The van der Waals surface area contributed by atoms with Crippen molar-refractivity contribution in [3.8, 4) is 11.5 Å². The fourth-order valence-electron chi connectivity index (χ4n) is 2.33. The van der Waals surface area contributed by atoms with E-state index in [0.29, 0.717) is 12.2 Å². The van der Waals surface area contributed by atoms with Crippen LogP contribution in [-0.4, -0.2) is 28.7 Å². The van der Waals surface area contributed by atoms with E-state index in [0.717, 1.165) is 5.56 Å². The average Bonchev–Trinajstić information content (AvgIpc) is 2.54. The Labute approximate surface area is 137 Å². The molecule has 0 radical (unpaired) electrons. The Morgan fingerprint density at radius 1 is 1.04 bits per heavy atom. The maximum absolute atomic E-state index is 12.6. The number of ether oxygens (including phenoxy) is 2. The van der Waals surface area contributed by atoms with Gasteiger partial charge in [-0.3, -0.25) is 0 Å². The van der Waals surface area contributed by atoms with Crippen molar-refractivity contribution < 1.29 is 17.9 Å². The lowest BCUT2D eigenvalue weighted by atomic mass is 10.1. The van der Waals surface area contributed by atoms with Gasteiger partial charge in [0.25, 0.3) is 0 Å². The molecule has 0 saturated heterocycles. The molecule has 0 aliphatic carbocycles. The van der Waals surface area contributed by atoms with E-state index in [-0.39, 0.29) is 16.7 Å². The SMILES string of the molecule is COc1ccc(OC)c(S(=O)(=O)NC(C)Cc2ccccc2)c1. The van der Waals surface area contributed by atoms with Crippen molar-refractivity contribution in [2.24, 2.45) is 0 Å². The van der Waals surface area contributed by atoms with Crippen LogP contribution in [0.4, 0.5) is 0 Å². The molecule has 0 fully saturated rings. The Hall–Kier alpha value is -2.05. The van der Waals surface area contributed by atoms with E-state index < -0.39 is 10.0 Å². The quantitative estimate of drug-likeness (QED) is 0.845. The van der Waals surface area contributed by atoms with Crippen LogP contribution < -0.4 is 14.2 Å². The van der Waals surface area contributed by atoms with Crippen LogP contribution in [0.3, 0.4) is 0 Å². The molecule has 0 aliphatic rings. The van der Waals surface area contributed by atoms with Crippen LogP contribution in [0.25, 0.3) is 0 Å². The smallest absolute Gasteiger partial charge is 0.244 e. The first-order valence-corrected chi connectivity index (χ1v) is 8.73. The van der Waals surface area contributed by atoms with E-state index in [2.05, 4.69) is 4.72 Å². The normalized spacial score (nSPS) is 12.7. The zero-order chi connectivity index (χ0) is 16.9. The van der Waals surface area contributed by atoms with Gasteiger partial charge in [-0.15, -0.1) is 0 Å². The third-order valence-electron chi connectivity index (χ3n) is 3.40. The lowest BCUT2D eigenvalue weighted by molar-refractivity contribution is 0.391. The van der Waals surface area contributed by atoms with Gasteiger partial charge in [-0.1, -0.05) is 30.3 Å². The molecule has 1 N–H and O–H groups in total. The van der Waals surface area contributed by atoms with Crippen molar-refractivity contribution in [3.63, 3.8) is 0 Å². The Morgan fingerprint density at radius 3 is 2.35 bits per heavy atom. The van der Waals surface area contributed by atoms with Gasteiger partial charge in [-0.2, -0.15) is 0 Å². The van der Waals surface area contributed by atoms with Gasteiger partial charge in [-0.25, -0.2) is 13.1 Å². The Bertz CT molecular complexity index is 744. The van der Waals surface area contributed by atoms with Gasteiger partial charge in [0.15, 0.2) is 0 Å². The monoisotopic (exact) mass is 335 g/mol. The molecule has 23 heavy (non-hydrogen) atoms. The first-order valence-electron chi connectivity index (χ1n) is 7.24. The van der Waals surface area contributed by atoms with Gasteiger partial charge in [0.1, 0.15) is 16.4 Å². The molecule has 0 aromatic heterocycles. The summed E-state index contributed by atoms with van der Waals surface area (Å²) in [6, 6.07) is 14.2. The molecule has 0 heterocycles. The van der Waals surface area contributed by atoms with E-state index >= 15 is 0 Å². The van der Waals surface area contributed by atoms with E-state index in [4.69, 9.17) is 9.47 Å². The highest BCUT2D eigenvalue weighted by molar-refractivity contribution is 7.89. The minimum absolute atomic E-state index is 0.0688. The van der Waals surface area contributed by atoms with Gasteiger partial charge >= 0.3 is 0 Å². The minimum atomic E-state index is -3.71. The summed E-state index contributed by atoms with van der Waals surface area (Å²) in [7, 11) is -0.781. The first kappa shape index (κ1) is 17.3. The molecule has 1 unspecified atom stereocenters. The van der Waals surface area contributed by atoms with Crippen molar-refractivity contribution in [2.45, 2.75) is 24.3 Å². The lowest BCUT2D eigenvalue weighted by Gasteiger charge is -2.16. The predicted molar refractivity (Wildman–Crippen MR) is 89.5 cm³/mol. The number of hydrogen-bond donors (Lipinski definition) is 1. The number of hydrogen-bond acceptors (Lipinski definition) is 4. The zero-order valence-electron chi connectivity index (χ0n) is 13.4. The molecule has 5 nitrogen and oxygen atoms in total. The molecular weight excluding hydrogens is 314 g/mol. The Balaban J connectivity index is 2.21. The van der Waals surface area contributed by atoms with Crippen LogP contribution in [0.1, 0.15) is 12.5 Å². The zero-order valence-corrected chi connectivity index (χ0v) is 14.3. The molecule has 0 amide bonds. The second-order valence-corrected chi connectivity index (χ2v) is 6.91. The van der Waals surface area contributed by atoms with Gasteiger partial charge < -0.3 is 9.47 Å². The van der Waals surface area contributed by atoms with Crippen LogP contribution in [0.15, 0.2) is 53.4 Å². The van der Waals surface area contributed by atoms with Gasteiger partial charge in [0, 0.05) is 12.1 Å². The topological polar surface area (TPSA) is 64.6 Å². The molecular formula is C17H21NO4S. The highest BCUT2D eigenvalue weighted by Crippen LogP contribution is 2.28. The summed E-state index contributed by atoms with van der Waals surface area (Å²) in [6.07, 6.45) is 0.604. The van der Waals surface area contributed by atoms with Crippen molar-refractivity contribution >= 4 is 10.0 Å². The van der Waals surface area contributed by atoms with Crippen molar-refractivity contribution in [1.82, 2.24) is 4.72 Å². The minimum Gasteiger partial charge on any atom is -0.497 e. The van der Waals surface area contributed by atoms with E-state index in [9.17, 15) is 8.42 Å². The second-order valence-electron chi connectivity index (χ2n) is 5.23. The van der Waals surface area contributed by atoms with Crippen molar-refractivity contribution in [3.05, 3.63) is 54.1 Å². The number of rotatable bonds is 7. The summed E-state index contributed by atoms with van der Waals surface area (Å²) in [5.41, 5.74) is 1.07. The molecule has 2 aromatic carbocycles. The average molecular weight is 335 g/mol. The second kappa shape index (κ2) is 7.48. The van der Waals surface area contributed by atoms with Crippen molar-refractivity contribution in [1.29, 1.82) is 0 Å². The van der Waals surface area contributed by atoms with Crippen LogP contribution >= 0.6 is 0 Å². The predicted octanol–water partition coefficient (Wildman–Crippen LogP) is 2.61. The summed E-state index contributed by atoms with van der Waals surface area (Å²) in [5.74, 6) is 0.743. The summed E-state index contributed by atoms with van der Waals surface area (Å²) in [6.45, 7) is 1.83. The number of methoxy groups -OCH3 is 2. The summed E-state index contributed by atoms with van der Waals surface area (Å²) in [4.78, 5) is 0.0688.